The molecular weight excluding hydrogens is 312 g/mol. The van der Waals surface area contributed by atoms with Gasteiger partial charge in [0.25, 0.3) is 0 Å². The zero-order valence-electron chi connectivity index (χ0n) is 14.5. The number of pyridine rings is 1. The minimum absolute atomic E-state index is 0.0401. The first-order valence-electron chi connectivity index (χ1n) is 8.22. The summed E-state index contributed by atoms with van der Waals surface area (Å²) in [6.45, 7) is 5.76. The maximum absolute atomic E-state index is 12.8. The van der Waals surface area contributed by atoms with Crippen LogP contribution in [0, 0.1) is 5.92 Å². The van der Waals surface area contributed by atoms with Gasteiger partial charge >= 0.3 is 0 Å². The molecule has 0 saturated heterocycles. The first-order chi connectivity index (χ1) is 12.0. The van der Waals surface area contributed by atoms with Gasteiger partial charge in [-0.25, -0.2) is 4.99 Å². The summed E-state index contributed by atoms with van der Waals surface area (Å²) in [6.07, 6.45) is 5.86. The van der Waals surface area contributed by atoms with Crippen molar-refractivity contribution in [2.24, 2.45) is 16.6 Å². The van der Waals surface area contributed by atoms with E-state index in [-0.39, 0.29) is 17.8 Å². The monoisotopic (exact) mass is 334 g/mol. The summed E-state index contributed by atoms with van der Waals surface area (Å²) in [5.74, 6) is -0.146. The van der Waals surface area contributed by atoms with Crippen LogP contribution in [0.15, 0.2) is 66.4 Å². The van der Waals surface area contributed by atoms with Gasteiger partial charge in [0.05, 0.1) is 11.5 Å². The fourth-order valence-corrected chi connectivity index (χ4v) is 3.29. The van der Waals surface area contributed by atoms with Crippen molar-refractivity contribution in [3.63, 3.8) is 0 Å². The third kappa shape index (κ3) is 2.93. The van der Waals surface area contributed by atoms with Crippen LogP contribution in [0.25, 0.3) is 11.1 Å². The van der Waals surface area contributed by atoms with Crippen LogP contribution < -0.4 is 5.73 Å². The molecule has 1 aromatic carbocycles. The van der Waals surface area contributed by atoms with Crippen LogP contribution in [0.3, 0.4) is 0 Å². The summed E-state index contributed by atoms with van der Waals surface area (Å²) < 4.78 is 0. The highest BCUT2D eigenvalue weighted by Crippen LogP contribution is 2.40. The van der Waals surface area contributed by atoms with E-state index in [2.05, 4.69) is 22.6 Å². The van der Waals surface area contributed by atoms with Crippen molar-refractivity contribution >= 4 is 11.9 Å². The number of aromatic nitrogens is 1. The molecule has 5 nitrogen and oxygen atoms in total. The number of aliphatic imine (C=N–C) groups is 1. The molecule has 2 atom stereocenters. The van der Waals surface area contributed by atoms with Gasteiger partial charge in [-0.15, -0.1) is 6.58 Å². The number of rotatable bonds is 4. The van der Waals surface area contributed by atoms with Gasteiger partial charge in [-0.3, -0.25) is 14.7 Å². The Balaban J connectivity index is 2.12. The zero-order valence-corrected chi connectivity index (χ0v) is 14.5. The summed E-state index contributed by atoms with van der Waals surface area (Å²) in [5.41, 5.74) is 8.27. The predicted molar refractivity (Wildman–Crippen MR) is 99.7 cm³/mol. The van der Waals surface area contributed by atoms with Crippen LogP contribution in [0.1, 0.15) is 18.9 Å². The summed E-state index contributed by atoms with van der Waals surface area (Å²) >= 11 is 0. The molecule has 128 valence electrons. The Bertz CT molecular complexity index is 831. The van der Waals surface area contributed by atoms with Crippen LogP contribution >= 0.6 is 0 Å². The average Bonchev–Trinajstić information content (AvgIpc) is 2.64. The Hall–Kier alpha value is -2.95. The normalized spacial score (nSPS) is 23.3. The standard InChI is InChI=1S/C20H22N4O/c1-4-7-17-18(25)24(3)19(21)23-20(17,2)16-10-5-8-14(12-16)15-9-6-11-22-13-15/h4-6,8-13,17H,1,7H2,2-3H3,(H2,21,23)/t17?,20-/m1/s1. The second-order valence-electron chi connectivity index (χ2n) is 6.41. The number of amides is 1. The quantitative estimate of drug-likeness (QED) is 0.874. The Morgan fingerprint density at radius 1 is 1.32 bits per heavy atom. The number of benzene rings is 1. The van der Waals surface area contributed by atoms with E-state index in [0.717, 1.165) is 16.7 Å². The molecule has 2 aromatic rings. The second-order valence-corrected chi connectivity index (χ2v) is 6.41. The van der Waals surface area contributed by atoms with Gasteiger partial charge in [0.15, 0.2) is 5.96 Å². The fraction of sp³-hybridized carbons (Fsp3) is 0.250. The molecule has 0 spiro atoms. The third-order valence-corrected chi connectivity index (χ3v) is 4.84. The summed E-state index contributed by atoms with van der Waals surface area (Å²) in [4.78, 5) is 23.1. The highest BCUT2D eigenvalue weighted by molar-refractivity contribution is 6.00. The number of allylic oxidation sites excluding steroid dienone is 1. The van der Waals surface area contributed by atoms with E-state index in [1.165, 1.54) is 4.90 Å². The molecule has 5 heteroatoms. The number of hydrogen-bond acceptors (Lipinski definition) is 4. The minimum atomic E-state index is -0.736. The lowest BCUT2D eigenvalue weighted by molar-refractivity contribution is -0.133. The zero-order chi connectivity index (χ0) is 18.0. The summed E-state index contributed by atoms with van der Waals surface area (Å²) in [7, 11) is 1.66. The highest BCUT2D eigenvalue weighted by Gasteiger charge is 2.45. The molecule has 1 aromatic heterocycles. The van der Waals surface area contributed by atoms with E-state index >= 15 is 0 Å². The molecule has 1 aliphatic rings. The van der Waals surface area contributed by atoms with Crippen LogP contribution in [-0.4, -0.2) is 28.8 Å². The van der Waals surface area contributed by atoms with Crippen LogP contribution in [0.2, 0.25) is 0 Å². The smallest absolute Gasteiger partial charge is 0.235 e. The molecule has 0 bridgehead atoms. The fourth-order valence-electron chi connectivity index (χ4n) is 3.29. The lowest BCUT2D eigenvalue weighted by atomic mass is 9.76. The van der Waals surface area contributed by atoms with Crippen molar-refractivity contribution in [2.75, 3.05) is 7.05 Å². The molecule has 0 aliphatic carbocycles. The van der Waals surface area contributed by atoms with Gasteiger partial charge in [-0.1, -0.05) is 30.3 Å². The number of carbonyl (C=O) groups excluding carboxylic acids is 1. The predicted octanol–water partition coefficient (Wildman–Crippen LogP) is 2.94. The van der Waals surface area contributed by atoms with Crippen molar-refractivity contribution in [1.29, 1.82) is 0 Å². The van der Waals surface area contributed by atoms with Crippen molar-refractivity contribution < 1.29 is 4.79 Å². The van der Waals surface area contributed by atoms with E-state index < -0.39 is 5.54 Å². The number of carbonyl (C=O) groups is 1. The van der Waals surface area contributed by atoms with Crippen molar-refractivity contribution in [2.45, 2.75) is 18.9 Å². The Kier molecular flexibility index (Phi) is 4.40. The Labute approximate surface area is 147 Å². The van der Waals surface area contributed by atoms with E-state index in [9.17, 15) is 4.79 Å². The van der Waals surface area contributed by atoms with Crippen molar-refractivity contribution in [1.82, 2.24) is 9.88 Å². The molecule has 0 saturated carbocycles. The molecule has 1 aliphatic heterocycles. The Morgan fingerprint density at radius 3 is 2.76 bits per heavy atom. The van der Waals surface area contributed by atoms with Crippen molar-refractivity contribution in [3.8, 4) is 11.1 Å². The molecule has 0 fully saturated rings. The molecule has 2 N–H and O–H groups in total. The van der Waals surface area contributed by atoms with Crippen LogP contribution in [0.5, 0.6) is 0 Å². The number of guanidine groups is 1. The van der Waals surface area contributed by atoms with Gasteiger partial charge in [-0.05, 0) is 42.2 Å². The molecule has 2 heterocycles. The molecular formula is C20H22N4O. The highest BCUT2D eigenvalue weighted by atomic mass is 16.2. The third-order valence-electron chi connectivity index (χ3n) is 4.84. The van der Waals surface area contributed by atoms with Crippen LogP contribution in [-0.2, 0) is 10.3 Å². The number of nitrogens with zero attached hydrogens (tertiary/aromatic N) is 3. The van der Waals surface area contributed by atoms with E-state index in [4.69, 9.17) is 5.73 Å². The molecule has 25 heavy (non-hydrogen) atoms. The second kappa shape index (κ2) is 6.51. The summed E-state index contributed by atoms with van der Waals surface area (Å²) in [6, 6.07) is 12.0. The van der Waals surface area contributed by atoms with Gasteiger partial charge in [0.2, 0.25) is 5.91 Å². The van der Waals surface area contributed by atoms with Gasteiger partial charge in [-0.2, -0.15) is 0 Å². The maximum atomic E-state index is 12.8. The van der Waals surface area contributed by atoms with Crippen molar-refractivity contribution in [3.05, 3.63) is 67.0 Å². The van der Waals surface area contributed by atoms with Crippen LogP contribution in [0.4, 0.5) is 0 Å². The maximum Gasteiger partial charge on any atom is 0.235 e. The van der Waals surface area contributed by atoms with E-state index in [1.54, 1.807) is 19.3 Å². The topological polar surface area (TPSA) is 71.6 Å². The average molecular weight is 334 g/mol. The first-order valence-corrected chi connectivity index (χ1v) is 8.22. The number of nitrogens with two attached hydrogens (primary N) is 1. The number of hydrogen-bond donors (Lipinski definition) is 1. The van der Waals surface area contributed by atoms with Gasteiger partial charge < -0.3 is 5.73 Å². The summed E-state index contributed by atoms with van der Waals surface area (Å²) in [5, 5.41) is 0. The van der Waals surface area contributed by atoms with E-state index in [0.29, 0.717) is 6.42 Å². The molecule has 1 unspecified atom stereocenters. The van der Waals surface area contributed by atoms with E-state index in [1.807, 2.05) is 43.5 Å². The molecule has 1 amide bonds. The van der Waals surface area contributed by atoms with Gasteiger partial charge in [0.1, 0.15) is 0 Å². The molecule has 0 radical (unpaired) electrons. The lowest BCUT2D eigenvalue weighted by Gasteiger charge is -2.40. The lowest BCUT2D eigenvalue weighted by Crippen LogP contribution is -2.53. The minimum Gasteiger partial charge on any atom is -0.369 e. The Morgan fingerprint density at radius 2 is 2.08 bits per heavy atom. The molecule has 3 rings (SSSR count). The largest absolute Gasteiger partial charge is 0.369 e. The first kappa shape index (κ1) is 16.9. The SMILES string of the molecule is C=CCC1C(=O)N(C)C(N)=N[C@]1(C)c1cccc(-c2cccnc2)c1. The van der Waals surface area contributed by atoms with Gasteiger partial charge in [0, 0.05) is 19.4 Å².